The van der Waals surface area contributed by atoms with Crippen molar-refractivity contribution in [1.82, 2.24) is 14.9 Å². The number of anilines is 2. The van der Waals surface area contributed by atoms with Crippen LogP contribution in [-0.4, -0.2) is 66.0 Å². The number of rotatable bonds is 5. The Morgan fingerprint density at radius 2 is 2.09 bits per heavy atom. The van der Waals surface area contributed by atoms with E-state index < -0.39 is 21.7 Å². The smallest absolute Gasteiger partial charge is 0.407 e. The van der Waals surface area contributed by atoms with Gasteiger partial charge < -0.3 is 19.6 Å². The first-order chi connectivity index (χ1) is 15.7. The molecule has 2 unspecified atom stereocenters. The molecule has 0 bridgehead atoms. The topological polar surface area (TPSA) is 113 Å². The largest absolute Gasteiger partial charge is 0.474 e. The summed E-state index contributed by atoms with van der Waals surface area (Å²) >= 11 is 0. The van der Waals surface area contributed by atoms with Gasteiger partial charge in [-0.05, 0) is 31.5 Å². The zero-order valence-corrected chi connectivity index (χ0v) is 19.1. The number of halogens is 1. The lowest BCUT2D eigenvalue weighted by molar-refractivity contribution is 0.0663. The van der Waals surface area contributed by atoms with Crippen LogP contribution in [0.5, 0.6) is 5.88 Å². The Bertz CT molecular complexity index is 1200. The molecule has 0 spiro atoms. The van der Waals surface area contributed by atoms with E-state index >= 15 is 0 Å². The van der Waals surface area contributed by atoms with Crippen molar-refractivity contribution in [2.45, 2.75) is 43.2 Å². The summed E-state index contributed by atoms with van der Waals surface area (Å²) in [5.41, 5.74) is 0.973. The maximum absolute atomic E-state index is 14.8. The lowest BCUT2D eigenvalue weighted by Gasteiger charge is -2.36. The van der Waals surface area contributed by atoms with Gasteiger partial charge in [-0.25, -0.2) is 27.6 Å². The molecular weight excluding hydrogens is 451 g/mol. The number of carbonyl (C=O) groups is 1. The number of aromatic nitrogens is 2. The quantitative estimate of drug-likeness (QED) is 0.655. The number of piperidine rings is 1. The molecule has 33 heavy (non-hydrogen) atoms. The predicted octanol–water partition coefficient (Wildman–Crippen LogP) is 3.18. The Labute approximate surface area is 191 Å². The Balaban J connectivity index is 1.56. The minimum absolute atomic E-state index is 0.0849. The molecule has 2 aromatic rings. The predicted molar refractivity (Wildman–Crippen MR) is 119 cm³/mol. The van der Waals surface area contributed by atoms with Crippen LogP contribution < -0.4 is 9.64 Å². The van der Waals surface area contributed by atoms with Crippen LogP contribution in [0.25, 0.3) is 0 Å². The molecule has 2 aliphatic rings. The average molecular weight is 477 g/mol. The summed E-state index contributed by atoms with van der Waals surface area (Å²) < 4.78 is 44.4. The number of benzene rings is 1. The van der Waals surface area contributed by atoms with E-state index in [9.17, 15) is 22.7 Å². The number of amides is 1. The van der Waals surface area contributed by atoms with Gasteiger partial charge in [0.05, 0.1) is 22.2 Å². The van der Waals surface area contributed by atoms with Crippen LogP contribution in [0, 0.1) is 5.82 Å². The Morgan fingerprint density at radius 3 is 2.76 bits per heavy atom. The van der Waals surface area contributed by atoms with Crippen molar-refractivity contribution < 1.29 is 27.4 Å². The Morgan fingerprint density at radius 1 is 1.30 bits per heavy atom. The van der Waals surface area contributed by atoms with Gasteiger partial charge in [-0.2, -0.15) is 0 Å². The summed E-state index contributed by atoms with van der Waals surface area (Å²) in [5.74, 6) is 0.268. The SMILES string of the molecule is CC=CC1CC(Oc2ncnc3c2CCN3c2ccc(S(C)(=O)=O)cc2F)CCN1C(=O)O. The van der Waals surface area contributed by atoms with Crippen LogP contribution >= 0.6 is 0 Å². The van der Waals surface area contributed by atoms with E-state index in [0.717, 1.165) is 17.9 Å². The molecule has 11 heteroatoms. The van der Waals surface area contributed by atoms with Crippen molar-refractivity contribution in [2.75, 3.05) is 24.2 Å². The highest BCUT2D eigenvalue weighted by Crippen LogP contribution is 2.39. The van der Waals surface area contributed by atoms with Crippen molar-refractivity contribution in [3.63, 3.8) is 0 Å². The third-order valence-corrected chi connectivity index (χ3v) is 7.01. The number of fused-ring (bicyclic) bond motifs is 1. The Kier molecular flexibility index (Phi) is 6.24. The molecule has 3 heterocycles. The number of carboxylic acid groups (broad SMARTS) is 1. The van der Waals surface area contributed by atoms with Gasteiger partial charge in [0.2, 0.25) is 5.88 Å². The van der Waals surface area contributed by atoms with Gasteiger partial charge in [-0.15, -0.1) is 0 Å². The van der Waals surface area contributed by atoms with Crippen LogP contribution in [0.4, 0.5) is 20.7 Å². The summed E-state index contributed by atoms with van der Waals surface area (Å²) in [7, 11) is -3.52. The molecule has 1 amide bonds. The zero-order chi connectivity index (χ0) is 23.8. The summed E-state index contributed by atoms with van der Waals surface area (Å²) in [6.45, 7) is 2.64. The van der Waals surface area contributed by atoms with Gasteiger partial charge in [-0.1, -0.05) is 12.2 Å². The lowest BCUT2D eigenvalue weighted by atomic mass is 9.99. The van der Waals surface area contributed by atoms with Crippen molar-refractivity contribution in [3.8, 4) is 5.88 Å². The number of hydrogen-bond acceptors (Lipinski definition) is 7. The van der Waals surface area contributed by atoms with Gasteiger partial charge in [0.1, 0.15) is 24.1 Å². The van der Waals surface area contributed by atoms with E-state index in [2.05, 4.69) is 9.97 Å². The van der Waals surface area contributed by atoms with Crippen LogP contribution in [0.15, 0.2) is 41.6 Å². The summed E-state index contributed by atoms with van der Waals surface area (Å²) in [4.78, 5) is 23.1. The standard InChI is InChI=1S/C22H25FN4O5S/c1-3-4-14-11-15(7-9-26(14)22(28)29)32-21-17-8-10-27(20(17)24-13-25-21)19-6-5-16(12-18(19)23)33(2,30)31/h3-6,12-15H,7-11H2,1-2H3,(H,28,29). The number of hydrogen-bond donors (Lipinski definition) is 1. The van der Waals surface area contributed by atoms with Gasteiger partial charge >= 0.3 is 6.09 Å². The Hall–Kier alpha value is -3.21. The molecule has 1 aromatic carbocycles. The summed E-state index contributed by atoms with van der Waals surface area (Å²) in [6, 6.07) is 3.55. The molecular formula is C22H25FN4O5S. The molecule has 0 saturated carbocycles. The molecule has 9 nitrogen and oxygen atoms in total. The van der Waals surface area contributed by atoms with Crippen LogP contribution in [0.3, 0.4) is 0 Å². The van der Waals surface area contributed by atoms with Gasteiger partial charge in [0.15, 0.2) is 9.84 Å². The molecule has 1 aromatic heterocycles. The highest BCUT2D eigenvalue weighted by molar-refractivity contribution is 7.90. The number of ether oxygens (including phenoxy) is 1. The molecule has 1 N–H and O–H groups in total. The monoisotopic (exact) mass is 476 g/mol. The second-order valence-corrected chi connectivity index (χ2v) is 10.1. The third kappa shape index (κ3) is 4.63. The fourth-order valence-electron chi connectivity index (χ4n) is 4.31. The van der Waals surface area contributed by atoms with Crippen molar-refractivity contribution >= 4 is 27.4 Å². The first-order valence-electron chi connectivity index (χ1n) is 10.6. The highest BCUT2D eigenvalue weighted by Gasteiger charge is 2.33. The van der Waals surface area contributed by atoms with Crippen molar-refractivity contribution in [2.24, 2.45) is 0 Å². The van der Waals surface area contributed by atoms with Crippen LogP contribution in [-0.2, 0) is 16.3 Å². The molecule has 176 valence electrons. The van der Waals surface area contributed by atoms with Crippen molar-refractivity contribution in [3.05, 3.63) is 48.1 Å². The van der Waals surface area contributed by atoms with Gasteiger partial charge in [0.25, 0.3) is 0 Å². The second kappa shape index (κ2) is 8.97. The average Bonchev–Trinajstić information content (AvgIpc) is 3.18. The fraction of sp³-hybridized carbons (Fsp3) is 0.409. The van der Waals surface area contributed by atoms with E-state index in [-0.39, 0.29) is 22.7 Å². The maximum Gasteiger partial charge on any atom is 0.407 e. The normalized spacial score (nSPS) is 20.8. The summed E-state index contributed by atoms with van der Waals surface area (Å²) in [5, 5.41) is 9.42. The summed E-state index contributed by atoms with van der Waals surface area (Å²) in [6.07, 6.45) is 6.44. The first-order valence-corrected chi connectivity index (χ1v) is 12.5. The molecule has 0 aliphatic carbocycles. The highest BCUT2D eigenvalue weighted by atomic mass is 32.2. The third-order valence-electron chi connectivity index (χ3n) is 5.90. The molecule has 0 radical (unpaired) electrons. The number of nitrogens with zero attached hydrogens (tertiary/aromatic N) is 4. The van der Waals surface area contributed by atoms with Gasteiger partial charge in [0, 0.05) is 32.2 Å². The van der Waals surface area contributed by atoms with Crippen LogP contribution in [0.2, 0.25) is 0 Å². The molecule has 1 saturated heterocycles. The number of allylic oxidation sites excluding steroid dienone is 1. The van der Waals surface area contributed by atoms with Gasteiger partial charge in [-0.3, -0.25) is 0 Å². The molecule has 1 fully saturated rings. The fourth-order valence-corrected chi connectivity index (χ4v) is 4.94. The van der Waals surface area contributed by atoms with E-state index in [0.29, 0.717) is 44.0 Å². The lowest BCUT2D eigenvalue weighted by Crippen LogP contribution is -2.47. The molecule has 4 rings (SSSR count). The van der Waals surface area contributed by atoms with E-state index in [1.807, 2.05) is 19.1 Å². The minimum Gasteiger partial charge on any atom is -0.474 e. The van der Waals surface area contributed by atoms with Crippen LogP contribution in [0.1, 0.15) is 25.3 Å². The zero-order valence-electron chi connectivity index (χ0n) is 18.3. The number of sulfone groups is 1. The maximum atomic E-state index is 14.8. The van der Waals surface area contributed by atoms with E-state index in [1.165, 1.54) is 23.4 Å². The molecule has 2 aliphatic heterocycles. The first kappa shape index (κ1) is 23.0. The minimum atomic E-state index is -3.52. The van der Waals surface area contributed by atoms with E-state index in [4.69, 9.17) is 4.74 Å². The van der Waals surface area contributed by atoms with Crippen molar-refractivity contribution in [1.29, 1.82) is 0 Å². The van der Waals surface area contributed by atoms with E-state index in [1.54, 1.807) is 4.90 Å². The molecule has 2 atom stereocenters. The second-order valence-electron chi connectivity index (χ2n) is 8.10. The number of likely N-dealkylation sites (tertiary alicyclic amines) is 1.